The number of rotatable bonds is 4. The van der Waals surface area contributed by atoms with Crippen molar-refractivity contribution >= 4 is 11.9 Å². The first kappa shape index (κ1) is 13.8. The van der Waals surface area contributed by atoms with E-state index in [1.165, 1.54) is 5.57 Å². The molecular weight excluding hydrogens is 244 g/mol. The zero-order valence-corrected chi connectivity index (χ0v) is 11.5. The third kappa shape index (κ3) is 3.25. The molecule has 4 nitrogen and oxygen atoms in total. The van der Waals surface area contributed by atoms with Gasteiger partial charge >= 0.3 is 11.9 Å². The fourth-order valence-corrected chi connectivity index (χ4v) is 2.48. The van der Waals surface area contributed by atoms with Crippen LogP contribution in [0.1, 0.15) is 33.1 Å². The smallest absolute Gasteiger partial charge is 0.333 e. The van der Waals surface area contributed by atoms with Crippen LogP contribution in [0.15, 0.2) is 23.8 Å². The number of carbonyl (C=O) groups excluding carboxylic acids is 2. The minimum atomic E-state index is -0.283. The van der Waals surface area contributed by atoms with Gasteiger partial charge in [-0.2, -0.15) is 0 Å². The molecule has 19 heavy (non-hydrogen) atoms. The highest BCUT2D eigenvalue weighted by atomic mass is 16.6. The van der Waals surface area contributed by atoms with E-state index in [1.54, 1.807) is 0 Å². The molecule has 2 aliphatic heterocycles. The molecule has 2 rings (SSSR count). The molecule has 2 fully saturated rings. The van der Waals surface area contributed by atoms with Gasteiger partial charge in [-0.05, 0) is 19.8 Å². The second kappa shape index (κ2) is 5.59. The van der Waals surface area contributed by atoms with Gasteiger partial charge in [0.1, 0.15) is 6.10 Å². The van der Waals surface area contributed by atoms with Crippen LogP contribution < -0.4 is 0 Å². The number of hydrogen-bond donors (Lipinski definition) is 0. The van der Waals surface area contributed by atoms with E-state index in [2.05, 4.69) is 12.7 Å². The van der Waals surface area contributed by atoms with Gasteiger partial charge in [-0.3, -0.25) is 4.79 Å². The maximum Gasteiger partial charge on any atom is 0.333 e. The van der Waals surface area contributed by atoms with Crippen LogP contribution in [0, 0.1) is 11.8 Å². The maximum absolute atomic E-state index is 11.3. The van der Waals surface area contributed by atoms with Crippen LogP contribution in [0.5, 0.6) is 0 Å². The lowest BCUT2D eigenvalue weighted by Crippen LogP contribution is -2.07. The van der Waals surface area contributed by atoms with Crippen molar-refractivity contribution < 1.29 is 19.1 Å². The fourth-order valence-electron chi connectivity index (χ4n) is 2.48. The summed E-state index contributed by atoms with van der Waals surface area (Å²) in [6, 6.07) is 0. The summed E-state index contributed by atoms with van der Waals surface area (Å²) in [5, 5.41) is 0. The Bertz CT molecular complexity index is 435. The quantitative estimate of drug-likeness (QED) is 0.444. The predicted molar refractivity (Wildman–Crippen MR) is 70.2 cm³/mol. The summed E-state index contributed by atoms with van der Waals surface area (Å²) < 4.78 is 10.2. The van der Waals surface area contributed by atoms with Crippen molar-refractivity contribution in [2.24, 2.45) is 11.8 Å². The lowest BCUT2D eigenvalue weighted by Gasteiger charge is -2.10. The van der Waals surface area contributed by atoms with Gasteiger partial charge in [0, 0.05) is 17.9 Å². The van der Waals surface area contributed by atoms with Gasteiger partial charge in [0.15, 0.2) is 0 Å². The molecule has 0 amide bonds. The number of carbonyl (C=O) groups is 2. The molecule has 3 atom stereocenters. The van der Waals surface area contributed by atoms with Crippen molar-refractivity contribution in [2.75, 3.05) is 6.61 Å². The van der Waals surface area contributed by atoms with Crippen molar-refractivity contribution in [3.8, 4) is 0 Å². The van der Waals surface area contributed by atoms with Gasteiger partial charge < -0.3 is 9.47 Å². The van der Waals surface area contributed by atoms with Gasteiger partial charge in [-0.15, -0.1) is 0 Å². The molecule has 0 N–H and O–H groups in total. The molecule has 0 aromatic carbocycles. The Hall–Kier alpha value is -1.58. The molecule has 2 unspecified atom stereocenters. The van der Waals surface area contributed by atoms with Crippen LogP contribution >= 0.6 is 0 Å². The highest BCUT2D eigenvalue weighted by Crippen LogP contribution is 2.27. The standard InChI is InChI=1S/C15H20O4/c1-9(6-13-7-10(2)14(16)19-13)4-5-12-8-18-15(17)11(12)3/h4,10,12-13H,3,5-8H2,1-2H3/t10?,12-,13?/m0/s1. The van der Waals surface area contributed by atoms with E-state index in [9.17, 15) is 9.59 Å². The first-order valence-corrected chi connectivity index (χ1v) is 6.69. The van der Waals surface area contributed by atoms with Crippen LogP contribution in [-0.4, -0.2) is 24.6 Å². The number of hydrogen-bond acceptors (Lipinski definition) is 4. The molecule has 0 aliphatic carbocycles. The van der Waals surface area contributed by atoms with Crippen molar-refractivity contribution in [3.05, 3.63) is 23.8 Å². The molecule has 0 bridgehead atoms. The van der Waals surface area contributed by atoms with Crippen LogP contribution in [0.4, 0.5) is 0 Å². The summed E-state index contributed by atoms with van der Waals surface area (Å²) in [4.78, 5) is 22.5. The fraction of sp³-hybridized carbons (Fsp3) is 0.600. The molecule has 0 saturated carbocycles. The monoisotopic (exact) mass is 264 g/mol. The normalized spacial score (nSPS) is 31.6. The summed E-state index contributed by atoms with van der Waals surface area (Å²) in [6.45, 7) is 8.09. The van der Waals surface area contributed by atoms with Gasteiger partial charge in [0.05, 0.1) is 12.5 Å². The molecule has 2 heterocycles. The van der Waals surface area contributed by atoms with Crippen molar-refractivity contribution in [1.82, 2.24) is 0 Å². The van der Waals surface area contributed by atoms with Crippen LogP contribution in [0.2, 0.25) is 0 Å². The van der Waals surface area contributed by atoms with Crippen LogP contribution in [0.25, 0.3) is 0 Å². The lowest BCUT2D eigenvalue weighted by molar-refractivity contribution is -0.143. The Morgan fingerprint density at radius 2 is 2.21 bits per heavy atom. The highest BCUT2D eigenvalue weighted by Gasteiger charge is 2.31. The molecule has 2 aliphatic rings. The Morgan fingerprint density at radius 3 is 2.74 bits per heavy atom. The van der Waals surface area contributed by atoms with E-state index in [1.807, 2.05) is 13.8 Å². The van der Waals surface area contributed by atoms with Gasteiger partial charge in [-0.25, -0.2) is 4.79 Å². The third-order valence-corrected chi connectivity index (χ3v) is 3.77. The summed E-state index contributed by atoms with van der Waals surface area (Å²) in [5.41, 5.74) is 1.74. The van der Waals surface area contributed by atoms with Gasteiger partial charge in [0.25, 0.3) is 0 Å². The molecule has 104 valence electrons. The summed E-state index contributed by atoms with van der Waals surface area (Å²) >= 11 is 0. The topological polar surface area (TPSA) is 52.6 Å². The minimum absolute atomic E-state index is 0.00316. The van der Waals surface area contributed by atoms with Crippen molar-refractivity contribution in [1.29, 1.82) is 0 Å². The van der Waals surface area contributed by atoms with Crippen molar-refractivity contribution in [3.63, 3.8) is 0 Å². The zero-order valence-electron chi connectivity index (χ0n) is 11.5. The van der Waals surface area contributed by atoms with Crippen molar-refractivity contribution in [2.45, 2.75) is 39.2 Å². The third-order valence-electron chi connectivity index (χ3n) is 3.77. The molecule has 0 spiro atoms. The summed E-state index contributed by atoms with van der Waals surface area (Å²) in [5.74, 6) is -0.276. The van der Waals surface area contributed by atoms with E-state index in [-0.39, 0.29) is 29.9 Å². The van der Waals surface area contributed by atoms with E-state index >= 15 is 0 Å². The van der Waals surface area contributed by atoms with E-state index in [0.717, 1.165) is 19.3 Å². The summed E-state index contributed by atoms with van der Waals surface area (Å²) in [6.07, 6.45) is 4.41. The largest absolute Gasteiger partial charge is 0.462 e. The molecule has 0 aromatic rings. The highest BCUT2D eigenvalue weighted by molar-refractivity contribution is 5.90. The number of esters is 2. The van der Waals surface area contributed by atoms with Crippen LogP contribution in [0.3, 0.4) is 0 Å². The Morgan fingerprint density at radius 1 is 1.47 bits per heavy atom. The Balaban J connectivity index is 1.82. The number of ether oxygens (including phenoxy) is 2. The summed E-state index contributed by atoms with van der Waals surface area (Å²) in [7, 11) is 0. The SMILES string of the molecule is C=C1C(=O)OC[C@@H]1CC=C(C)CC1CC(C)C(=O)O1. The number of cyclic esters (lactones) is 2. The molecule has 4 heteroatoms. The average molecular weight is 264 g/mol. The molecule has 0 aromatic heterocycles. The lowest BCUT2D eigenvalue weighted by atomic mass is 9.96. The predicted octanol–water partition coefficient (Wildman–Crippen LogP) is 2.39. The molecular formula is C15H20O4. The van der Waals surface area contributed by atoms with E-state index in [4.69, 9.17) is 9.47 Å². The molecule has 2 saturated heterocycles. The second-order valence-electron chi connectivity index (χ2n) is 5.51. The Labute approximate surface area is 113 Å². The zero-order chi connectivity index (χ0) is 14.0. The Kier molecular flexibility index (Phi) is 4.08. The first-order chi connectivity index (χ1) is 8.97. The van der Waals surface area contributed by atoms with E-state index < -0.39 is 0 Å². The average Bonchev–Trinajstić information content (AvgIpc) is 2.82. The maximum atomic E-state index is 11.3. The minimum Gasteiger partial charge on any atom is -0.462 e. The van der Waals surface area contributed by atoms with Crippen LogP contribution in [-0.2, 0) is 19.1 Å². The van der Waals surface area contributed by atoms with Gasteiger partial charge in [-0.1, -0.05) is 25.2 Å². The van der Waals surface area contributed by atoms with Gasteiger partial charge in [0.2, 0.25) is 0 Å². The van der Waals surface area contributed by atoms with E-state index in [0.29, 0.717) is 12.2 Å². The molecule has 0 radical (unpaired) electrons. The first-order valence-electron chi connectivity index (χ1n) is 6.69. The second-order valence-corrected chi connectivity index (χ2v) is 5.51. The number of allylic oxidation sites excluding steroid dienone is 1.